The summed E-state index contributed by atoms with van der Waals surface area (Å²) in [5, 5.41) is 4.99. The van der Waals surface area contributed by atoms with E-state index in [-0.39, 0.29) is 12.3 Å². The van der Waals surface area contributed by atoms with Crippen molar-refractivity contribution in [2.24, 2.45) is 0 Å². The lowest BCUT2D eigenvalue weighted by molar-refractivity contribution is -0.145. The molecule has 1 N–H and O–H groups in total. The summed E-state index contributed by atoms with van der Waals surface area (Å²) in [7, 11) is 2.89. The second kappa shape index (κ2) is 9.04. The van der Waals surface area contributed by atoms with Gasteiger partial charge in [-0.2, -0.15) is 0 Å². The van der Waals surface area contributed by atoms with Crippen LogP contribution in [0, 0.1) is 0 Å². The summed E-state index contributed by atoms with van der Waals surface area (Å²) in [6.07, 6.45) is 0.477. The van der Waals surface area contributed by atoms with Gasteiger partial charge in [-0.1, -0.05) is 60.7 Å². The van der Waals surface area contributed by atoms with Gasteiger partial charge in [-0.3, -0.25) is 4.79 Å². The molecule has 0 saturated carbocycles. The van der Waals surface area contributed by atoms with Gasteiger partial charge in [-0.25, -0.2) is 4.79 Å². The molecule has 0 aliphatic carbocycles. The third-order valence-corrected chi connectivity index (χ3v) is 4.62. The molecule has 1 atom stereocenters. The van der Waals surface area contributed by atoms with Crippen LogP contribution in [0.15, 0.2) is 66.7 Å². The average molecular weight is 377 g/mol. The van der Waals surface area contributed by atoms with E-state index in [1.54, 1.807) is 7.11 Å². The maximum Gasteiger partial charge on any atom is 0.328 e. The third-order valence-electron chi connectivity index (χ3n) is 4.62. The van der Waals surface area contributed by atoms with E-state index in [1.807, 2.05) is 66.7 Å². The van der Waals surface area contributed by atoms with Crippen LogP contribution in [0.2, 0.25) is 0 Å². The number of hydrogen-bond donors (Lipinski definition) is 1. The maximum absolute atomic E-state index is 12.6. The van der Waals surface area contributed by atoms with E-state index in [0.29, 0.717) is 12.2 Å². The lowest BCUT2D eigenvalue weighted by Crippen LogP contribution is -2.43. The average Bonchev–Trinajstić information content (AvgIpc) is 2.73. The molecule has 3 rings (SSSR count). The highest BCUT2D eigenvalue weighted by Crippen LogP contribution is 2.20. The molecule has 1 amide bonds. The number of nitrogens with one attached hydrogen (secondary N) is 1. The quantitative estimate of drug-likeness (QED) is 0.642. The molecular weight excluding hydrogens is 354 g/mol. The minimum atomic E-state index is -0.783. The summed E-state index contributed by atoms with van der Waals surface area (Å²) in [6.45, 7) is 0. The van der Waals surface area contributed by atoms with Crippen molar-refractivity contribution in [3.8, 4) is 5.75 Å². The summed E-state index contributed by atoms with van der Waals surface area (Å²) in [4.78, 5) is 24.8. The smallest absolute Gasteiger partial charge is 0.328 e. The highest BCUT2D eigenvalue weighted by atomic mass is 16.5. The van der Waals surface area contributed by atoms with Crippen LogP contribution in [-0.4, -0.2) is 32.1 Å². The Morgan fingerprint density at radius 2 is 1.64 bits per heavy atom. The van der Waals surface area contributed by atoms with Gasteiger partial charge < -0.3 is 14.8 Å². The van der Waals surface area contributed by atoms with Crippen LogP contribution in [0.5, 0.6) is 5.75 Å². The van der Waals surface area contributed by atoms with E-state index in [4.69, 9.17) is 9.47 Å². The van der Waals surface area contributed by atoms with Crippen LogP contribution in [0.1, 0.15) is 11.1 Å². The zero-order chi connectivity index (χ0) is 19.9. The van der Waals surface area contributed by atoms with Crippen LogP contribution >= 0.6 is 0 Å². The van der Waals surface area contributed by atoms with E-state index in [9.17, 15) is 9.59 Å². The Kier molecular flexibility index (Phi) is 6.27. The molecule has 0 unspecified atom stereocenters. The van der Waals surface area contributed by atoms with Crippen LogP contribution in [-0.2, 0) is 27.2 Å². The Balaban J connectivity index is 1.72. The van der Waals surface area contributed by atoms with Crippen molar-refractivity contribution in [1.82, 2.24) is 5.32 Å². The highest BCUT2D eigenvalue weighted by Gasteiger charge is 2.23. The van der Waals surface area contributed by atoms with Crippen molar-refractivity contribution in [2.45, 2.75) is 18.9 Å². The lowest BCUT2D eigenvalue weighted by atomic mass is 10.0. The normalized spacial score (nSPS) is 11.6. The van der Waals surface area contributed by atoms with Crippen molar-refractivity contribution in [3.63, 3.8) is 0 Å². The number of rotatable bonds is 7. The number of methoxy groups -OCH3 is 2. The second-order valence-electron chi connectivity index (χ2n) is 6.52. The first kappa shape index (κ1) is 19.4. The van der Waals surface area contributed by atoms with Crippen LogP contribution in [0.25, 0.3) is 10.8 Å². The van der Waals surface area contributed by atoms with Gasteiger partial charge in [0.25, 0.3) is 0 Å². The molecule has 0 heterocycles. The Labute approximate surface area is 164 Å². The Morgan fingerprint density at radius 1 is 0.929 bits per heavy atom. The topological polar surface area (TPSA) is 64.6 Å². The summed E-state index contributed by atoms with van der Waals surface area (Å²) in [6, 6.07) is 20.5. The van der Waals surface area contributed by atoms with E-state index >= 15 is 0 Å². The Morgan fingerprint density at radius 3 is 2.39 bits per heavy atom. The first-order valence-electron chi connectivity index (χ1n) is 9.07. The molecule has 0 fully saturated rings. The predicted octanol–water partition coefficient (Wildman–Crippen LogP) is 3.29. The summed E-state index contributed by atoms with van der Waals surface area (Å²) >= 11 is 0. The molecule has 144 valence electrons. The molecule has 0 spiro atoms. The van der Waals surface area contributed by atoms with Gasteiger partial charge in [0.05, 0.1) is 20.6 Å². The van der Waals surface area contributed by atoms with E-state index in [0.717, 1.165) is 21.9 Å². The van der Waals surface area contributed by atoms with Crippen molar-refractivity contribution >= 4 is 22.6 Å². The Hall–Kier alpha value is -3.34. The van der Waals surface area contributed by atoms with E-state index < -0.39 is 12.0 Å². The number of amides is 1. The predicted molar refractivity (Wildman–Crippen MR) is 108 cm³/mol. The number of carbonyl (C=O) groups excluding carboxylic acids is 2. The maximum atomic E-state index is 12.6. The fraction of sp³-hybridized carbons (Fsp3) is 0.217. The molecule has 0 saturated heterocycles. The van der Waals surface area contributed by atoms with Crippen molar-refractivity contribution in [1.29, 1.82) is 0 Å². The number of para-hydroxylation sites is 1. The summed E-state index contributed by atoms with van der Waals surface area (Å²) in [5.74, 6) is -0.0569. The molecule has 3 aromatic carbocycles. The van der Waals surface area contributed by atoms with Crippen LogP contribution < -0.4 is 10.1 Å². The number of esters is 1. The second-order valence-corrected chi connectivity index (χ2v) is 6.52. The molecule has 5 nitrogen and oxygen atoms in total. The first-order valence-corrected chi connectivity index (χ1v) is 9.07. The number of fused-ring (bicyclic) bond motifs is 1. The minimum Gasteiger partial charge on any atom is -0.496 e. The van der Waals surface area contributed by atoms with Crippen LogP contribution in [0.3, 0.4) is 0 Å². The third kappa shape index (κ3) is 4.68. The summed E-state index contributed by atoms with van der Waals surface area (Å²) < 4.78 is 10.2. The number of hydrogen-bond acceptors (Lipinski definition) is 4. The molecule has 0 radical (unpaired) electrons. The molecule has 0 bridgehead atoms. The zero-order valence-electron chi connectivity index (χ0n) is 16.0. The molecule has 28 heavy (non-hydrogen) atoms. The lowest BCUT2D eigenvalue weighted by Gasteiger charge is -2.18. The fourth-order valence-electron chi connectivity index (χ4n) is 3.21. The SMILES string of the molecule is COC(=O)[C@@H](Cc1ccccc1OC)NC(=O)Cc1ccc2ccccc2c1. The Bertz CT molecular complexity index is 983. The van der Waals surface area contributed by atoms with E-state index in [1.165, 1.54) is 7.11 Å². The van der Waals surface area contributed by atoms with Gasteiger partial charge in [0, 0.05) is 6.42 Å². The monoisotopic (exact) mass is 377 g/mol. The van der Waals surface area contributed by atoms with Gasteiger partial charge in [-0.15, -0.1) is 0 Å². The molecule has 0 aliphatic rings. The van der Waals surface area contributed by atoms with Crippen molar-refractivity contribution < 1.29 is 19.1 Å². The zero-order valence-corrected chi connectivity index (χ0v) is 16.0. The number of carbonyl (C=O) groups is 2. The molecule has 0 aromatic heterocycles. The van der Waals surface area contributed by atoms with Gasteiger partial charge in [0.1, 0.15) is 11.8 Å². The van der Waals surface area contributed by atoms with Gasteiger partial charge in [-0.05, 0) is 28.0 Å². The number of ether oxygens (including phenoxy) is 2. The fourth-order valence-corrected chi connectivity index (χ4v) is 3.21. The minimum absolute atomic E-state index is 0.185. The number of benzene rings is 3. The highest BCUT2D eigenvalue weighted by molar-refractivity contribution is 5.88. The van der Waals surface area contributed by atoms with E-state index in [2.05, 4.69) is 5.32 Å². The molecular formula is C23H23NO4. The van der Waals surface area contributed by atoms with Crippen molar-refractivity contribution in [2.75, 3.05) is 14.2 Å². The first-order chi connectivity index (χ1) is 13.6. The van der Waals surface area contributed by atoms with Gasteiger partial charge >= 0.3 is 5.97 Å². The largest absolute Gasteiger partial charge is 0.496 e. The molecule has 3 aromatic rings. The van der Waals surface area contributed by atoms with Crippen molar-refractivity contribution in [3.05, 3.63) is 77.9 Å². The molecule has 5 heteroatoms. The summed E-state index contributed by atoms with van der Waals surface area (Å²) in [5.41, 5.74) is 1.71. The van der Waals surface area contributed by atoms with Gasteiger partial charge in [0.15, 0.2) is 0 Å². The molecule has 0 aliphatic heterocycles. The van der Waals surface area contributed by atoms with Crippen LogP contribution in [0.4, 0.5) is 0 Å². The standard InChI is InChI=1S/C23H23NO4/c1-27-21-10-6-5-9-19(21)15-20(23(26)28-2)24-22(25)14-16-11-12-17-7-3-4-8-18(17)13-16/h3-13,20H,14-15H2,1-2H3,(H,24,25)/t20-/m1/s1. The van der Waals surface area contributed by atoms with Gasteiger partial charge in [0.2, 0.25) is 5.91 Å².